The number of nitrogens with zero attached hydrogens (tertiary/aromatic N) is 2. The third-order valence-electron chi connectivity index (χ3n) is 5.35. The van der Waals surface area contributed by atoms with Crippen molar-refractivity contribution in [1.82, 2.24) is 4.90 Å². The Balaban J connectivity index is 1.58. The SMILES string of the molecule is CS(=O)(=O)N1CCc2cc(C(=O)N3CCCCC3C3OCCO3)ccc21. The van der Waals surface area contributed by atoms with Crippen molar-refractivity contribution < 1.29 is 22.7 Å². The Kier molecular flexibility index (Phi) is 4.66. The van der Waals surface area contributed by atoms with E-state index in [1.807, 2.05) is 11.0 Å². The van der Waals surface area contributed by atoms with Gasteiger partial charge in [0.15, 0.2) is 6.29 Å². The van der Waals surface area contributed by atoms with Crippen molar-refractivity contribution in [3.05, 3.63) is 29.3 Å². The molecule has 7 nitrogen and oxygen atoms in total. The summed E-state index contributed by atoms with van der Waals surface area (Å²) in [4.78, 5) is 15.0. The van der Waals surface area contributed by atoms with Gasteiger partial charge in [0.05, 0.1) is 31.2 Å². The van der Waals surface area contributed by atoms with Gasteiger partial charge in [-0.1, -0.05) is 0 Å². The molecule has 3 heterocycles. The fourth-order valence-corrected chi connectivity index (χ4v) is 5.06. The van der Waals surface area contributed by atoms with E-state index >= 15 is 0 Å². The number of anilines is 1. The average Bonchev–Trinajstić information content (AvgIpc) is 3.29. The average molecular weight is 380 g/mol. The van der Waals surface area contributed by atoms with Crippen molar-refractivity contribution in [1.29, 1.82) is 0 Å². The van der Waals surface area contributed by atoms with Crippen molar-refractivity contribution in [2.75, 3.05) is 36.9 Å². The Morgan fingerprint density at radius 1 is 1.15 bits per heavy atom. The van der Waals surface area contributed by atoms with E-state index in [4.69, 9.17) is 9.47 Å². The van der Waals surface area contributed by atoms with Gasteiger partial charge in [-0.2, -0.15) is 0 Å². The maximum absolute atomic E-state index is 13.1. The second kappa shape index (κ2) is 6.83. The summed E-state index contributed by atoms with van der Waals surface area (Å²) in [6.07, 6.45) is 4.41. The van der Waals surface area contributed by atoms with Crippen LogP contribution < -0.4 is 4.31 Å². The Bertz CT molecular complexity index is 804. The topological polar surface area (TPSA) is 76.2 Å². The van der Waals surface area contributed by atoms with E-state index in [9.17, 15) is 13.2 Å². The molecule has 1 aromatic rings. The van der Waals surface area contributed by atoms with Crippen LogP contribution >= 0.6 is 0 Å². The second-order valence-corrected chi connectivity index (χ2v) is 9.01. The molecule has 0 aromatic heterocycles. The van der Waals surface area contributed by atoms with E-state index < -0.39 is 10.0 Å². The van der Waals surface area contributed by atoms with Gasteiger partial charge >= 0.3 is 0 Å². The zero-order valence-electron chi connectivity index (χ0n) is 14.9. The van der Waals surface area contributed by atoms with Crippen LogP contribution in [0.15, 0.2) is 18.2 Å². The second-order valence-electron chi connectivity index (χ2n) is 7.10. The highest BCUT2D eigenvalue weighted by molar-refractivity contribution is 7.92. The number of sulfonamides is 1. The first kappa shape index (κ1) is 17.8. The normalized spacial score (nSPS) is 24.1. The van der Waals surface area contributed by atoms with Gasteiger partial charge < -0.3 is 14.4 Å². The fraction of sp³-hybridized carbons (Fsp3) is 0.611. The minimum absolute atomic E-state index is 0.0330. The number of hydrogen-bond acceptors (Lipinski definition) is 5. The Labute approximate surface area is 153 Å². The molecule has 0 radical (unpaired) electrons. The maximum Gasteiger partial charge on any atom is 0.254 e. The molecule has 2 fully saturated rings. The molecule has 1 amide bonds. The molecule has 1 unspecified atom stereocenters. The Morgan fingerprint density at radius 2 is 1.92 bits per heavy atom. The van der Waals surface area contributed by atoms with E-state index in [0.717, 1.165) is 24.8 Å². The van der Waals surface area contributed by atoms with Gasteiger partial charge in [-0.25, -0.2) is 8.42 Å². The number of benzene rings is 1. The van der Waals surface area contributed by atoms with Crippen LogP contribution in [0.5, 0.6) is 0 Å². The molecular formula is C18H24N2O5S. The van der Waals surface area contributed by atoms with Crippen LogP contribution in [0, 0.1) is 0 Å². The molecule has 8 heteroatoms. The number of fused-ring (bicyclic) bond motifs is 1. The van der Waals surface area contributed by atoms with Crippen LogP contribution in [-0.2, 0) is 25.9 Å². The van der Waals surface area contributed by atoms with Gasteiger partial charge in [0.1, 0.15) is 0 Å². The summed E-state index contributed by atoms with van der Waals surface area (Å²) >= 11 is 0. The maximum atomic E-state index is 13.1. The molecule has 1 aromatic carbocycles. The minimum atomic E-state index is -3.28. The molecule has 142 valence electrons. The monoisotopic (exact) mass is 380 g/mol. The van der Waals surface area contributed by atoms with Crippen LogP contribution in [0.1, 0.15) is 35.2 Å². The van der Waals surface area contributed by atoms with E-state index in [1.54, 1.807) is 12.1 Å². The van der Waals surface area contributed by atoms with Gasteiger partial charge in [0, 0.05) is 18.7 Å². The summed E-state index contributed by atoms with van der Waals surface area (Å²) < 4.78 is 36.4. The van der Waals surface area contributed by atoms with Crippen molar-refractivity contribution in [2.45, 2.75) is 38.0 Å². The van der Waals surface area contributed by atoms with Gasteiger partial charge in [-0.3, -0.25) is 9.10 Å². The summed E-state index contributed by atoms with van der Waals surface area (Å²) in [5.41, 5.74) is 2.19. The zero-order chi connectivity index (χ0) is 18.3. The van der Waals surface area contributed by atoms with Crippen molar-refractivity contribution in [2.24, 2.45) is 0 Å². The predicted molar refractivity (Wildman–Crippen MR) is 96.7 cm³/mol. The van der Waals surface area contributed by atoms with Crippen molar-refractivity contribution in [3.8, 4) is 0 Å². The third-order valence-corrected chi connectivity index (χ3v) is 6.53. The number of piperidine rings is 1. The third kappa shape index (κ3) is 3.21. The Morgan fingerprint density at radius 3 is 2.65 bits per heavy atom. The number of amides is 1. The highest BCUT2D eigenvalue weighted by atomic mass is 32.2. The predicted octanol–water partition coefficient (Wildman–Crippen LogP) is 1.38. The molecule has 1 atom stereocenters. The highest BCUT2D eigenvalue weighted by Gasteiger charge is 2.37. The lowest BCUT2D eigenvalue weighted by atomic mass is 9.99. The first-order valence-corrected chi connectivity index (χ1v) is 10.9. The molecule has 3 aliphatic heterocycles. The zero-order valence-corrected chi connectivity index (χ0v) is 15.7. The summed E-state index contributed by atoms with van der Waals surface area (Å²) in [6, 6.07) is 5.26. The molecule has 26 heavy (non-hydrogen) atoms. The molecule has 0 bridgehead atoms. The first-order valence-electron chi connectivity index (χ1n) is 9.10. The highest BCUT2D eigenvalue weighted by Crippen LogP contribution is 2.32. The summed E-state index contributed by atoms with van der Waals surface area (Å²) in [7, 11) is -3.28. The molecule has 3 aliphatic rings. The number of ether oxygens (including phenoxy) is 2. The molecular weight excluding hydrogens is 356 g/mol. The summed E-state index contributed by atoms with van der Waals surface area (Å²) in [5, 5.41) is 0. The Hall–Kier alpha value is -1.64. The lowest BCUT2D eigenvalue weighted by molar-refractivity contribution is -0.100. The number of rotatable bonds is 3. The number of hydrogen-bond donors (Lipinski definition) is 0. The lowest BCUT2D eigenvalue weighted by Gasteiger charge is -2.38. The van der Waals surface area contributed by atoms with E-state index in [0.29, 0.717) is 44.0 Å². The van der Waals surface area contributed by atoms with Gasteiger partial charge in [-0.15, -0.1) is 0 Å². The smallest absolute Gasteiger partial charge is 0.254 e. The van der Waals surface area contributed by atoms with Crippen LogP contribution in [0.2, 0.25) is 0 Å². The molecule has 0 N–H and O–H groups in total. The molecule has 2 saturated heterocycles. The van der Waals surface area contributed by atoms with Crippen LogP contribution in [0.25, 0.3) is 0 Å². The van der Waals surface area contributed by atoms with E-state index in [2.05, 4.69) is 0 Å². The fourth-order valence-electron chi connectivity index (χ4n) is 4.11. The number of carbonyl (C=O) groups excluding carboxylic acids is 1. The van der Waals surface area contributed by atoms with Gasteiger partial charge in [-0.05, 0) is 49.4 Å². The first-order chi connectivity index (χ1) is 12.4. The van der Waals surface area contributed by atoms with Crippen molar-refractivity contribution in [3.63, 3.8) is 0 Å². The number of carbonyl (C=O) groups is 1. The molecule has 0 saturated carbocycles. The van der Waals surface area contributed by atoms with E-state index in [1.165, 1.54) is 10.6 Å². The lowest BCUT2D eigenvalue weighted by Crippen LogP contribution is -2.50. The number of likely N-dealkylation sites (tertiary alicyclic amines) is 1. The van der Waals surface area contributed by atoms with Gasteiger partial charge in [0.25, 0.3) is 5.91 Å². The van der Waals surface area contributed by atoms with Crippen molar-refractivity contribution >= 4 is 21.6 Å². The minimum Gasteiger partial charge on any atom is -0.348 e. The standard InChI is InChI=1S/C18H24N2O5S/c1-26(22,23)20-9-7-13-12-14(5-6-15(13)20)17(21)19-8-3-2-4-16(19)18-24-10-11-25-18/h5-6,12,16,18H,2-4,7-11H2,1H3. The van der Waals surface area contributed by atoms with Crippen LogP contribution in [0.4, 0.5) is 5.69 Å². The summed E-state index contributed by atoms with van der Waals surface area (Å²) in [6.45, 7) is 2.27. The van der Waals surface area contributed by atoms with Gasteiger partial charge in [0.2, 0.25) is 10.0 Å². The largest absolute Gasteiger partial charge is 0.348 e. The summed E-state index contributed by atoms with van der Waals surface area (Å²) in [5.74, 6) is -0.0330. The molecule has 4 rings (SSSR count). The quantitative estimate of drug-likeness (QED) is 0.792. The molecule has 0 aliphatic carbocycles. The molecule has 0 spiro atoms. The van der Waals surface area contributed by atoms with Crippen LogP contribution in [0.3, 0.4) is 0 Å². The van der Waals surface area contributed by atoms with Crippen LogP contribution in [-0.4, -0.2) is 64.1 Å². The van der Waals surface area contributed by atoms with E-state index in [-0.39, 0.29) is 18.2 Å².